The molecule has 1 atom stereocenters. The third-order valence-corrected chi connectivity index (χ3v) is 6.07. The van der Waals surface area contributed by atoms with Gasteiger partial charge in [-0.1, -0.05) is 25.7 Å². The van der Waals surface area contributed by atoms with Crippen LogP contribution >= 0.6 is 0 Å². The molecular formula is C18H21F3N4O3S. The Morgan fingerprint density at radius 1 is 1.28 bits per heavy atom. The molecule has 1 amide bonds. The Balaban J connectivity index is 1.81. The summed E-state index contributed by atoms with van der Waals surface area (Å²) in [5.41, 5.74) is -0.914. The van der Waals surface area contributed by atoms with Crippen LogP contribution in [0, 0.1) is 5.92 Å². The van der Waals surface area contributed by atoms with Crippen molar-refractivity contribution < 1.29 is 26.4 Å². The van der Waals surface area contributed by atoms with E-state index in [-0.39, 0.29) is 16.6 Å². The number of amides is 1. The third-order valence-electron chi connectivity index (χ3n) is 5.00. The van der Waals surface area contributed by atoms with E-state index in [1.807, 2.05) is 0 Å². The summed E-state index contributed by atoms with van der Waals surface area (Å²) in [6.45, 7) is 0. The molecule has 1 unspecified atom stereocenters. The van der Waals surface area contributed by atoms with Gasteiger partial charge in [0.25, 0.3) is 0 Å². The number of carbonyl (C=O) groups excluding carboxylic acids is 1. The van der Waals surface area contributed by atoms with Crippen molar-refractivity contribution in [2.24, 2.45) is 5.92 Å². The maximum Gasteiger partial charge on any atom is 0.417 e. The van der Waals surface area contributed by atoms with Crippen LogP contribution in [0.25, 0.3) is 0 Å². The molecule has 0 saturated heterocycles. The number of aromatic nitrogens is 3. The van der Waals surface area contributed by atoms with E-state index < -0.39 is 33.5 Å². The Morgan fingerprint density at radius 2 is 1.97 bits per heavy atom. The first-order valence-corrected chi connectivity index (χ1v) is 11.0. The summed E-state index contributed by atoms with van der Waals surface area (Å²) in [6, 6.07) is 1.13. The fraction of sp³-hybridized carbons (Fsp3) is 0.500. The molecule has 1 fully saturated rings. The number of nitrogens with one attached hydrogen (secondary N) is 1. The summed E-state index contributed by atoms with van der Waals surface area (Å²) in [4.78, 5) is 16.5. The molecule has 158 valence electrons. The Labute approximate surface area is 166 Å². The zero-order valence-electron chi connectivity index (χ0n) is 15.7. The molecule has 0 aliphatic heterocycles. The second-order valence-corrected chi connectivity index (χ2v) is 9.27. The minimum absolute atomic E-state index is 0.00521. The number of hydrogen-bond acceptors (Lipinski definition) is 5. The number of sulfone groups is 1. The van der Waals surface area contributed by atoms with Gasteiger partial charge in [-0.25, -0.2) is 13.4 Å². The fourth-order valence-corrected chi connectivity index (χ4v) is 3.96. The maximum atomic E-state index is 12.9. The molecule has 2 heterocycles. The first-order chi connectivity index (χ1) is 13.5. The smallest absolute Gasteiger partial charge is 0.309 e. The van der Waals surface area contributed by atoms with Crippen molar-refractivity contribution in [1.82, 2.24) is 14.8 Å². The van der Waals surface area contributed by atoms with E-state index in [2.05, 4.69) is 15.4 Å². The topological polar surface area (TPSA) is 94.0 Å². The molecule has 0 spiro atoms. The van der Waals surface area contributed by atoms with E-state index in [1.54, 1.807) is 0 Å². The van der Waals surface area contributed by atoms with Crippen LogP contribution in [0.1, 0.15) is 43.7 Å². The van der Waals surface area contributed by atoms with Crippen LogP contribution in [0.15, 0.2) is 35.6 Å². The second-order valence-electron chi connectivity index (χ2n) is 7.25. The normalized spacial score (nSPS) is 16.7. The van der Waals surface area contributed by atoms with E-state index in [0.29, 0.717) is 12.6 Å². The van der Waals surface area contributed by atoms with Crippen molar-refractivity contribution in [1.29, 1.82) is 0 Å². The number of hydrogen-bond donors (Lipinski definition) is 1. The van der Waals surface area contributed by atoms with Crippen molar-refractivity contribution in [3.05, 3.63) is 36.3 Å². The molecule has 0 radical (unpaired) electrons. The van der Waals surface area contributed by atoms with E-state index in [1.165, 1.54) is 17.1 Å². The molecule has 1 aliphatic rings. The van der Waals surface area contributed by atoms with Gasteiger partial charge < -0.3 is 5.32 Å². The predicted molar refractivity (Wildman–Crippen MR) is 98.8 cm³/mol. The third kappa shape index (κ3) is 5.34. The van der Waals surface area contributed by atoms with Gasteiger partial charge in [0.2, 0.25) is 5.91 Å². The number of rotatable bonds is 6. The molecule has 1 saturated carbocycles. The van der Waals surface area contributed by atoms with Gasteiger partial charge in [0, 0.05) is 18.6 Å². The molecular weight excluding hydrogens is 409 g/mol. The quantitative estimate of drug-likeness (QED) is 0.758. The SMILES string of the molecule is CS(=O)(=O)c1cnn(C(CC2CCCC2)C(=O)Nc2ccc(C(F)(F)F)cn2)c1. The monoisotopic (exact) mass is 430 g/mol. The molecule has 11 heteroatoms. The van der Waals surface area contributed by atoms with Crippen LogP contribution in [0.5, 0.6) is 0 Å². The molecule has 1 aliphatic carbocycles. The lowest BCUT2D eigenvalue weighted by Crippen LogP contribution is -2.28. The number of nitrogens with zero attached hydrogens (tertiary/aromatic N) is 3. The lowest BCUT2D eigenvalue weighted by Gasteiger charge is -2.20. The largest absolute Gasteiger partial charge is 0.417 e. The van der Waals surface area contributed by atoms with E-state index in [4.69, 9.17) is 0 Å². The number of alkyl halides is 3. The molecule has 2 aromatic heterocycles. The zero-order chi connectivity index (χ0) is 21.2. The van der Waals surface area contributed by atoms with E-state index in [9.17, 15) is 26.4 Å². The van der Waals surface area contributed by atoms with E-state index in [0.717, 1.165) is 44.1 Å². The summed E-state index contributed by atoms with van der Waals surface area (Å²) in [5, 5.41) is 6.56. The Kier molecular flexibility index (Phi) is 5.97. The van der Waals surface area contributed by atoms with Gasteiger partial charge in [-0.15, -0.1) is 0 Å². The highest BCUT2D eigenvalue weighted by Gasteiger charge is 2.31. The van der Waals surface area contributed by atoms with Crippen LogP contribution in [0.3, 0.4) is 0 Å². The number of anilines is 1. The Hall–Kier alpha value is -2.43. The Morgan fingerprint density at radius 3 is 2.48 bits per heavy atom. The van der Waals surface area contributed by atoms with Crippen LogP contribution in [0.2, 0.25) is 0 Å². The summed E-state index contributed by atoms with van der Waals surface area (Å²) in [6.07, 6.45) is 4.17. The average molecular weight is 430 g/mol. The van der Waals surface area contributed by atoms with Crippen LogP contribution in [-0.4, -0.2) is 35.3 Å². The summed E-state index contributed by atoms with van der Waals surface area (Å²) < 4.78 is 62.8. The summed E-state index contributed by atoms with van der Waals surface area (Å²) in [5.74, 6) is -0.237. The first kappa shape index (κ1) is 21.3. The van der Waals surface area contributed by atoms with Gasteiger partial charge in [-0.2, -0.15) is 18.3 Å². The highest BCUT2D eigenvalue weighted by molar-refractivity contribution is 7.90. The predicted octanol–water partition coefficient (Wildman–Crippen LogP) is 3.46. The molecule has 2 aromatic rings. The van der Waals surface area contributed by atoms with Crippen LogP contribution in [0.4, 0.5) is 19.0 Å². The first-order valence-electron chi connectivity index (χ1n) is 9.12. The lowest BCUT2D eigenvalue weighted by atomic mass is 9.98. The van der Waals surface area contributed by atoms with Gasteiger partial charge in [0.1, 0.15) is 16.8 Å². The van der Waals surface area contributed by atoms with Gasteiger partial charge in [0.15, 0.2) is 9.84 Å². The van der Waals surface area contributed by atoms with Crippen molar-refractivity contribution in [3.8, 4) is 0 Å². The van der Waals surface area contributed by atoms with Crippen molar-refractivity contribution in [3.63, 3.8) is 0 Å². The Bertz CT molecular complexity index is 965. The maximum absolute atomic E-state index is 12.9. The van der Waals surface area contributed by atoms with Crippen LogP contribution < -0.4 is 5.32 Å². The standard InChI is InChI=1S/C18H21F3N4O3S/c1-29(27,28)14-10-23-25(11-14)15(8-12-4-2-3-5-12)17(26)24-16-7-6-13(9-22-16)18(19,20)21/h6-7,9-12,15H,2-5,8H2,1H3,(H,22,24,26). The van der Waals surface area contributed by atoms with Crippen LogP contribution in [-0.2, 0) is 20.8 Å². The van der Waals surface area contributed by atoms with Crippen molar-refractivity contribution in [2.75, 3.05) is 11.6 Å². The average Bonchev–Trinajstić information content (AvgIpc) is 3.30. The van der Waals surface area contributed by atoms with Gasteiger partial charge in [0.05, 0.1) is 11.8 Å². The van der Waals surface area contributed by atoms with Crippen molar-refractivity contribution >= 4 is 21.6 Å². The fourth-order valence-electron chi connectivity index (χ4n) is 3.42. The molecule has 1 N–H and O–H groups in total. The van der Waals surface area contributed by atoms with Gasteiger partial charge >= 0.3 is 6.18 Å². The molecule has 0 bridgehead atoms. The number of pyridine rings is 1. The van der Waals surface area contributed by atoms with Gasteiger partial charge in [-0.3, -0.25) is 9.48 Å². The lowest BCUT2D eigenvalue weighted by molar-refractivity contribution is -0.137. The number of halogens is 3. The molecule has 0 aromatic carbocycles. The van der Waals surface area contributed by atoms with Crippen molar-refractivity contribution in [2.45, 2.75) is 49.2 Å². The minimum atomic E-state index is -4.52. The highest BCUT2D eigenvalue weighted by atomic mass is 32.2. The number of carbonyl (C=O) groups is 1. The summed E-state index contributed by atoms with van der Waals surface area (Å²) >= 11 is 0. The van der Waals surface area contributed by atoms with E-state index >= 15 is 0 Å². The summed E-state index contributed by atoms with van der Waals surface area (Å²) in [7, 11) is -3.48. The molecule has 3 rings (SSSR count). The second kappa shape index (κ2) is 8.13. The molecule has 7 nitrogen and oxygen atoms in total. The highest BCUT2D eigenvalue weighted by Crippen LogP contribution is 2.33. The zero-order valence-corrected chi connectivity index (χ0v) is 16.5. The molecule has 29 heavy (non-hydrogen) atoms. The van der Waals surface area contributed by atoms with Gasteiger partial charge in [-0.05, 0) is 24.5 Å². The minimum Gasteiger partial charge on any atom is -0.309 e.